The number of sulfonamides is 1. The first-order valence-electron chi connectivity index (χ1n) is 6.87. The van der Waals surface area contributed by atoms with Crippen molar-refractivity contribution < 1.29 is 8.42 Å². The van der Waals surface area contributed by atoms with E-state index in [1.54, 1.807) is 16.4 Å². The molecule has 20 heavy (non-hydrogen) atoms. The van der Waals surface area contributed by atoms with Gasteiger partial charge in [0.05, 0.1) is 4.90 Å². The normalized spacial score (nSPS) is 17.9. The molecule has 0 atom stereocenters. The van der Waals surface area contributed by atoms with Crippen molar-refractivity contribution >= 4 is 21.8 Å². The van der Waals surface area contributed by atoms with Crippen LogP contribution in [0.25, 0.3) is 0 Å². The Balaban J connectivity index is 2.30. The topological polar surface area (TPSA) is 49.4 Å². The number of hydrogen-bond acceptors (Lipinski definition) is 4. The van der Waals surface area contributed by atoms with Crippen LogP contribution in [0.5, 0.6) is 0 Å². The van der Waals surface area contributed by atoms with Gasteiger partial charge in [0.1, 0.15) is 0 Å². The van der Waals surface area contributed by atoms with E-state index in [2.05, 4.69) is 5.32 Å². The van der Waals surface area contributed by atoms with Gasteiger partial charge in [-0.3, -0.25) is 0 Å². The van der Waals surface area contributed by atoms with Gasteiger partial charge in [0.25, 0.3) is 0 Å². The Morgan fingerprint density at radius 2 is 2.10 bits per heavy atom. The molecule has 112 valence electrons. The molecule has 0 bridgehead atoms. The van der Waals surface area contributed by atoms with E-state index in [1.165, 1.54) is 0 Å². The number of hydrogen-bond donors (Lipinski definition) is 1. The highest BCUT2D eigenvalue weighted by molar-refractivity contribution is 7.99. The van der Waals surface area contributed by atoms with Gasteiger partial charge in [-0.1, -0.05) is 6.07 Å². The summed E-state index contributed by atoms with van der Waals surface area (Å²) < 4.78 is 27.0. The molecule has 1 saturated heterocycles. The third kappa shape index (κ3) is 3.55. The smallest absolute Gasteiger partial charge is 0.243 e. The van der Waals surface area contributed by atoms with Crippen LogP contribution in [0.1, 0.15) is 17.5 Å². The Morgan fingerprint density at radius 1 is 1.30 bits per heavy atom. The van der Waals surface area contributed by atoms with Crippen molar-refractivity contribution in [1.82, 2.24) is 9.62 Å². The van der Waals surface area contributed by atoms with Gasteiger partial charge in [-0.15, -0.1) is 0 Å². The minimum Gasteiger partial charge on any atom is -0.316 e. The fourth-order valence-electron chi connectivity index (χ4n) is 2.30. The van der Waals surface area contributed by atoms with Crippen LogP contribution in [-0.4, -0.2) is 44.4 Å². The van der Waals surface area contributed by atoms with Crippen molar-refractivity contribution in [3.63, 3.8) is 0 Å². The Kier molecular flexibility index (Phi) is 5.49. The van der Waals surface area contributed by atoms with Gasteiger partial charge < -0.3 is 5.32 Å². The maximum absolute atomic E-state index is 12.7. The quantitative estimate of drug-likeness (QED) is 0.921. The second-order valence-electron chi connectivity index (χ2n) is 4.99. The van der Waals surface area contributed by atoms with Crippen LogP contribution in [-0.2, 0) is 16.6 Å². The molecule has 1 N–H and O–H groups in total. The van der Waals surface area contributed by atoms with Crippen LogP contribution in [0.15, 0.2) is 23.1 Å². The molecule has 1 aromatic carbocycles. The van der Waals surface area contributed by atoms with E-state index in [9.17, 15) is 8.42 Å². The van der Waals surface area contributed by atoms with Crippen LogP contribution in [0, 0.1) is 6.92 Å². The molecule has 1 heterocycles. The maximum Gasteiger partial charge on any atom is 0.243 e. The van der Waals surface area contributed by atoms with Crippen molar-refractivity contribution in [2.24, 2.45) is 0 Å². The summed E-state index contributed by atoms with van der Waals surface area (Å²) in [4.78, 5) is 0.417. The van der Waals surface area contributed by atoms with E-state index in [1.807, 2.05) is 31.8 Å². The summed E-state index contributed by atoms with van der Waals surface area (Å²) in [6.07, 6.45) is 0.930. The predicted octanol–water partition coefficient (Wildman–Crippen LogP) is 1.84. The lowest BCUT2D eigenvalue weighted by molar-refractivity contribution is 0.435. The van der Waals surface area contributed by atoms with Crippen molar-refractivity contribution in [3.05, 3.63) is 29.3 Å². The molecule has 0 saturated carbocycles. The number of rotatable bonds is 4. The first-order valence-corrected chi connectivity index (χ1v) is 9.47. The van der Waals surface area contributed by atoms with E-state index in [0.29, 0.717) is 24.5 Å². The number of benzene rings is 1. The highest BCUT2D eigenvalue weighted by atomic mass is 32.2. The first-order chi connectivity index (χ1) is 9.55. The Labute approximate surface area is 126 Å². The zero-order valence-corrected chi connectivity index (χ0v) is 13.7. The minimum absolute atomic E-state index is 0.417. The van der Waals surface area contributed by atoms with Gasteiger partial charge in [0, 0.05) is 25.4 Å². The first kappa shape index (κ1) is 15.8. The fourth-order valence-corrected chi connectivity index (χ4v) is 4.83. The monoisotopic (exact) mass is 314 g/mol. The van der Waals surface area contributed by atoms with Crippen molar-refractivity contribution in [2.45, 2.75) is 24.8 Å². The van der Waals surface area contributed by atoms with Crippen molar-refractivity contribution in [3.8, 4) is 0 Å². The van der Waals surface area contributed by atoms with Crippen LogP contribution < -0.4 is 5.32 Å². The lowest BCUT2D eigenvalue weighted by Crippen LogP contribution is -2.33. The highest BCUT2D eigenvalue weighted by Gasteiger charge is 2.25. The fraction of sp³-hybridized carbons (Fsp3) is 0.571. The van der Waals surface area contributed by atoms with Gasteiger partial charge >= 0.3 is 0 Å². The molecule has 0 aromatic heterocycles. The average molecular weight is 314 g/mol. The van der Waals surface area contributed by atoms with Gasteiger partial charge in [-0.2, -0.15) is 16.1 Å². The van der Waals surface area contributed by atoms with Crippen LogP contribution in [0.2, 0.25) is 0 Å². The molecule has 0 amide bonds. The summed E-state index contributed by atoms with van der Waals surface area (Å²) in [7, 11) is -1.48. The van der Waals surface area contributed by atoms with Crippen molar-refractivity contribution in [1.29, 1.82) is 0 Å². The van der Waals surface area contributed by atoms with Crippen molar-refractivity contribution in [2.75, 3.05) is 31.6 Å². The molecule has 2 rings (SSSR count). The van der Waals surface area contributed by atoms with Gasteiger partial charge in [0.2, 0.25) is 10.0 Å². The van der Waals surface area contributed by atoms with Gasteiger partial charge in [0.15, 0.2) is 0 Å². The summed E-state index contributed by atoms with van der Waals surface area (Å²) in [5, 5.41) is 3.08. The molecule has 1 aliphatic rings. The maximum atomic E-state index is 12.7. The standard InChI is InChI=1S/C14H22N2O2S2/c1-12-4-5-14(10-13(12)11-15-2)20(17,18)16-6-3-8-19-9-7-16/h4-5,10,15H,3,6-9,11H2,1-2H3. The third-order valence-electron chi connectivity index (χ3n) is 3.51. The summed E-state index contributed by atoms with van der Waals surface area (Å²) in [6.45, 7) is 3.93. The molecule has 0 radical (unpaired) electrons. The molecular weight excluding hydrogens is 292 g/mol. The van der Waals surface area contributed by atoms with Gasteiger partial charge in [-0.05, 0) is 49.4 Å². The third-order valence-corrected chi connectivity index (χ3v) is 6.45. The molecule has 4 nitrogen and oxygen atoms in total. The molecular formula is C14H22N2O2S2. The highest BCUT2D eigenvalue weighted by Crippen LogP contribution is 2.22. The van der Waals surface area contributed by atoms with Gasteiger partial charge in [-0.25, -0.2) is 8.42 Å². The molecule has 0 aliphatic carbocycles. The zero-order chi connectivity index (χ0) is 14.6. The number of nitrogens with zero attached hydrogens (tertiary/aromatic N) is 1. The Morgan fingerprint density at radius 3 is 2.85 bits per heavy atom. The molecule has 1 aromatic rings. The molecule has 0 spiro atoms. The SMILES string of the molecule is CNCc1cc(S(=O)(=O)N2CCCSCC2)ccc1C. The predicted molar refractivity (Wildman–Crippen MR) is 84.6 cm³/mol. The Bertz CT molecular complexity index is 550. The number of aryl methyl sites for hydroxylation is 1. The molecule has 6 heteroatoms. The summed E-state index contributed by atoms with van der Waals surface area (Å²) in [5.41, 5.74) is 2.16. The van der Waals surface area contributed by atoms with Crippen LogP contribution in [0.3, 0.4) is 0 Å². The van der Waals surface area contributed by atoms with E-state index in [0.717, 1.165) is 29.1 Å². The van der Waals surface area contributed by atoms with E-state index in [-0.39, 0.29) is 0 Å². The van der Waals surface area contributed by atoms with Crippen LogP contribution >= 0.6 is 11.8 Å². The Hall–Kier alpha value is -0.560. The summed E-state index contributed by atoms with van der Waals surface area (Å²) in [6, 6.07) is 5.42. The lowest BCUT2D eigenvalue weighted by atomic mass is 10.1. The largest absolute Gasteiger partial charge is 0.316 e. The number of nitrogens with one attached hydrogen (secondary N) is 1. The minimum atomic E-state index is -3.35. The van der Waals surface area contributed by atoms with E-state index in [4.69, 9.17) is 0 Å². The molecule has 1 fully saturated rings. The summed E-state index contributed by atoms with van der Waals surface area (Å²) in [5.74, 6) is 1.93. The van der Waals surface area contributed by atoms with E-state index >= 15 is 0 Å². The van der Waals surface area contributed by atoms with E-state index < -0.39 is 10.0 Å². The molecule has 1 aliphatic heterocycles. The number of thioether (sulfide) groups is 1. The second-order valence-corrected chi connectivity index (χ2v) is 8.15. The lowest BCUT2D eigenvalue weighted by Gasteiger charge is -2.20. The average Bonchev–Trinajstić information content (AvgIpc) is 2.70. The van der Waals surface area contributed by atoms with Crippen LogP contribution in [0.4, 0.5) is 0 Å². The second kappa shape index (κ2) is 6.93. The zero-order valence-electron chi connectivity index (χ0n) is 12.1. The summed E-state index contributed by atoms with van der Waals surface area (Å²) >= 11 is 1.83. The molecule has 0 unspecified atom stereocenters.